The fraction of sp³-hybridized carbons (Fsp3) is 0.667. The van der Waals surface area contributed by atoms with Gasteiger partial charge in [-0.1, -0.05) is 71.9 Å². The van der Waals surface area contributed by atoms with Gasteiger partial charge in [-0.25, -0.2) is 4.79 Å². The van der Waals surface area contributed by atoms with Crippen LogP contribution in [0, 0.1) is 5.41 Å². The first-order valence-corrected chi connectivity index (χ1v) is 19.6. The summed E-state index contributed by atoms with van der Waals surface area (Å²) in [6.45, 7) is 23.0. The number of aldehydes is 1. The van der Waals surface area contributed by atoms with E-state index in [2.05, 4.69) is 67.7 Å². The summed E-state index contributed by atoms with van der Waals surface area (Å²) in [5, 5.41) is 0.106. The number of hydrogen-bond donors (Lipinski definition) is 0. The van der Waals surface area contributed by atoms with Crippen molar-refractivity contribution in [1.82, 2.24) is 4.90 Å². The second-order valence-electron chi connectivity index (χ2n) is 13.7. The molecule has 0 bridgehead atoms. The molecule has 0 radical (unpaired) electrons. The Kier molecular flexibility index (Phi) is 10.3. The molecular weight excluding hydrogens is 511 g/mol. The molecular formula is C30H51NO5Si2. The summed E-state index contributed by atoms with van der Waals surface area (Å²) < 4.78 is 18.5. The van der Waals surface area contributed by atoms with Crippen LogP contribution >= 0.6 is 0 Å². The van der Waals surface area contributed by atoms with E-state index in [4.69, 9.17) is 13.6 Å². The van der Waals surface area contributed by atoms with Crippen molar-refractivity contribution in [3.05, 3.63) is 47.7 Å². The van der Waals surface area contributed by atoms with Crippen LogP contribution in [0.15, 0.2) is 42.2 Å². The maximum absolute atomic E-state index is 13.2. The summed E-state index contributed by atoms with van der Waals surface area (Å²) >= 11 is 0. The number of benzene rings is 1. The molecule has 0 saturated heterocycles. The second-order valence-corrected chi connectivity index (χ2v) is 23.3. The van der Waals surface area contributed by atoms with Gasteiger partial charge in [0, 0.05) is 19.6 Å². The standard InChI is InChI=1S/C30H51NO5Si2/c1-28(2,3)37(8,9)35-20-19-30(23-32)18-17-25(36-38(10,11)29(4,5)6)21-26(30)31(27(33)34-7)22-24-15-13-12-14-16-24/h12-16,21,23,26H,17-20,22H2,1-11H3/t26?,30-/m1/s1. The van der Waals surface area contributed by atoms with Gasteiger partial charge in [0.1, 0.15) is 6.29 Å². The lowest BCUT2D eigenvalue weighted by Gasteiger charge is -2.46. The molecule has 0 saturated carbocycles. The van der Waals surface area contributed by atoms with Gasteiger partial charge in [0.25, 0.3) is 0 Å². The molecule has 8 heteroatoms. The van der Waals surface area contributed by atoms with Gasteiger partial charge in [-0.3, -0.25) is 4.90 Å². The summed E-state index contributed by atoms with van der Waals surface area (Å²) in [6.07, 6.45) is 4.38. The van der Waals surface area contributed by atoms with Gasteiger partial charge in [-0.15, -0.1) is 0 Å². The molecule has 2 rings (SSSR count). The van der Waals surface area contributed by atoms with Crippen LogP contribution in [0.5, 0.6) is 0 Å². The topological polar surface area (TPSA) is 65.1 Å². The number of rotatable bonds is 10. The number of nitrogens with zero attached hydrogens (tertiary/aromatic N) is 1. The van der Waals surface area contributed by atoms with Gasteiger partial charge < -0.3 is 18.4 Å². The fourth-order valence-corrected chi connectivity index (χ4v) is 6.42. The van der Waals surface area contributed by atoms with Crippen molar-refractivity contribution in [2.75, 3.05) is 13.7 Å². The first kappa shape index (κ1) is 32.3. The molecule has 1 amide bonds. The Bertz CT molecular complexity index is 979. The Labute approximate surface area is 233 Å². The molecule has 0 spiro atoms. The molecule has 6 nitrogen and oxygen atoms in total. The Morgan fingerprint density at radius 1 is 1.03 bits per heavy atom. The molecule has 0 fully saturated rings. The number of ether oxygens (including phenoxy) is 1. The van der Waals surface area contributed by atoms with Gasteiger partial charge >= 0.3 is 6.09 Å². The molecule has 1 aromatic rings. The van der Waals surface area contributed by atoms with E-state index >= 15 is 0 Å². The molecule has 2 atom stereocenters. The van der Waals surface area contributed by atoms with E-state index in [-0.39, 0.29) is 10.1 Å². The van der Waals surface area contributed by atoms with Crippen molar-refractivity contribution in [2.24, 2.45) is 5.41 Å². The number of allylic oxidation sites excluding steroid dienone is 1. The largest absolute Gasteiger partial charge is 0.547 e. The lowest BCUT2D eigenvalue weighted by Crippen LogP contribution is -2.53. The third-order valence-corrected chi connectivity index (χ3v) is 17.9. The summed E-state index contributed by atoms with van der Waals surface area (Å²) in [5.74, 6) is 0.867. The van der Waals surface area contributed by atoms with Gasteiger partial charge in [-0.05, 0) is 60.7 Å². The molecule has 0 aliphatic heterocycles. The van der Waals surface area contributed by atoms with Gasteiger partial charge in [0.15, 0.2) is 8.32 Å². The average Bonchev–Trinajstić information content (AvgIpc) is 2.82. The van der Waals surface area contributed by atoms with Crippen LogP contribution in [0.25, 0.3) is 0 Å². The zero-order valence-corrected chi connectivity index (χ0v) is 27.6. The molecule has 0 N–H and O–H groups in total. The molecule has 1 aromatic carbocycles. The smallest absolute Gasteiger partial charge is 0.410 e. The average molecular weight is 562 g/mol. The zero-order valence-electron chi connectivity index (χ0n) is 25.6. The normalized spacial score (nSPS) is 20.9. The van der Waals surface area contributed by atoms with Crippen LogP contribution in [0.4, 0.5) is 4.79 Å². The summed E-state index contributed by atoms with van der Waals surface area (Å²) in [6, 6.07) is 9.31. The lowest BCUT2D eigenvalue weighted by atomic mass is 9.71. The van der Waals surface area contributed by atoms with Crippen LogP contribution in [0.3, 0.4) is 0 Å². The Hall–Kier alpha value is -1.91. The van der Waals surface area contributed by atoms with Crippen molar-refractivity contribution in [3.8, 4) is 0 Å². The molecule has 1 unspecified atom stereocenters. The molecule has 1 aliphatic rings. The molecule has 214 valence electrons. The lowest BCUT2D eigenvalue weighted by molar-refractivity contribution is -0.121. The summed E-state index contributed by atoms with van der Waals surface area (Å²) in [4.78, 5) is 27.9. The first-order chi connectivity index (χ1) is 17.4. The van der Waals surface area contributed by atoms with Gasteiger partial charge in [0.05, 0.1) is 24.3 Å². The molecule has 1 aliphatic carbocycles. The fourth-order valence-electron chi connectivity index (χ4n) is 4.24. The number of amides is 1. The highest BCUT2D eigenvalue weighted by molar-refractivity contribution is 6.74. The van der Waals surface area contributed by atoms with E-state index in [1.54, 1.807) is 4.90 Å². The van der Waals surface area contributed by atoms with Crippen LogP contribution < -0.4 is 0 Å². The minimum Gasteiger partial charge on any atom is -0.547 e. The van der Waals surface area contributed by atoms with Crippen LogP contribution in [0.2, 0.25) is 36.3 Å². The van der Waals surface area contributed by atoms with E-state index in [0.29, 0.717) is 32.4 Å². The maximum Gasteiger partial charge on any atom is 0.410 e. The Morgan fingerprint density at radius 3 is 2.11 bits per heavy atom. The van der Waals surface area contributed by atoms with Crippen molar-refractivity contribution < 1.29 is 23.2 Å². The highest BCUT2D eigenvalue weighted by Gasteiger charge is 2.48. The third-order valence-electron chi connectivity index (χ3n) is 8.97. The third kappa shape index (κ3) is 7.60. The van der Waals surface area contributed by atoms with Gasteiger partial charge in [-0.2, -0.15) is 0 Å². The first-order valence-electron chi connectivity index (χ1n) is 13.8. The van der Waals surface area contributed by atoms with E-state index in [1.165, 1.54) is 7.11 Å². The SMILES string of the molecule is COC(=O)N(Cc1ccccc1)C1C=C(O[Si](C)(C)C(C)(C)C)CC[C@]1(C=O)CCO[Si](C)(C)C(C)(C)C. The van der Waals surface area contributed by atoms with Crippen molar-refractivity contribution in [2.45, 2.75) is 110 Å². The van der Waals surface area contributed by atoms with Crippen molar-refractivity contribution in [3.63, 3.8) is 0 Å². The van der Waals surface area contributed by atoms with E-state index in [9.17, 15) is 9.59 Å². The highest BCUT2D eigenvalue weighted by atomic mass is 28.4. The molecule has 0 aromatic heterocycles. The number of hydrogen-bond acceptors (Lipinski definition) is 5. The minimum absolute atomic E-state index is 0.0333. The van der Waals surface area contributed by atoms with Crippen molar-refractivity contribution >= 4 is 29.0 Å². The van der Waals surface area contributed by atoms with Crippen LogP contribution in [-0.4, -0.2) is 53.7 Å². The maximum atomic E-state index is 13.2. The molecule has 0 heterocycles. The minimum atomic E-state index is -2.10. The second kappa shape index (κ2) is 12.1. The Morgan fingerprint density at radius 2 is 1.61 bits per heavy atom. The summed E-state index contributed by atoms with van der Waals surface area (Å²) in [5.41, 5.74) is 0.173. The number of carbonyl (C=O) groups excluding carboxylic acids is 2. The Balaban J connectivity index is 2.52. The number of methoxy groups -OCH3 is 1. The summed E-state index contributed by atoms with van der Waals surface area (Å²) in [7, 11) is -2.71. The van der Waals surface area contributed by atoms with Crippen LogP contribution in [-0.2, 0) is 24.9 Å². The molecule has 38 heavy (non-hydrogen) atoms. The number of carbonyl (C=O) groups is 2. The predicted molar refractivity (Wildman–Crippen MR) is 160 cm³/mol. The highest BCUT2D eigenvalue weighted by Crippen LogP contribution is 2.45. The van der Waals surface area contributed by atoms with E-state index < -0.39 is 34.2 Å². The van der Waals surface area contributed by atoms with E-state index in [0.717, 1.165) is 17.6 Å². The van der Waals surface area contributed by atoms with E-state index in [1.807, 2.05) is 36.4 Å². The monoisotopic (exact) mass is 561 g/mol. The van der Waals surface area contributed by atoms with Crippen molar-refractivity contribution in [1.29, 1.82) is 0 Å². The van der Waals surface area contributed by atoms with Crippen LogP contribution in [0.1, 0.15) is 66.4 Å². The zero-order chi connectivity index (χ0) is 29.0. The predicted octanol–water partition coefficient (Wildman–Crippen LogP) is 7.92. The quantitative estimate of drug-likeness (QED) is 0.214. The van der Waals surface area contributed by atoms with Gasteiger partial charge in [0.2, 0.25) is 8.32 Å².